The average molecular weight is 477 g/mol. The number of halogens is 2. The molecule has 33 heavy (non-hydrogen) atoms. The van der Waals surface area contributed by atoms with Gasteiger partial charge in [0.1, 0.15) is 6.04 Å². The maximum absolute atomic E-state index is 13.5. The standard InChI is InChI=1S/C24H18Cl2N6O/c1-14-20(23(33)29-17-8-5-11-27-13-17)21(18-10-9-16(25)12-19(18)26)32-24(28-14)30-22(31-32)15-6-3-2-4-7-15/h2-13,21H,1H3,(H,29,33)(H,28,30,31)/t21-/m0/s1. The van der Waals surface area contributed by atoms with Crippen molar-refractivity contribution in [3.05, 3.63) is 99.9 Å². The van der Waals surface area contributed by atoms with Crippen LogP contribution in [0.3, 0.4) is 0 Å². The number of carbonyl (C=O) groups excluding carboxylic acids is 1. The molecule has 1 amide bonds. The molecule has 1 aliphatic heterocycles. The van der Waals surface area contributed by atoms with Crippen molar-refractivity contribution in [1.29, 1.82) is 0 Å². The maximum Gasteiger partial charge on any atom is 0.255 e. The quantitative estimate of drug-likeness (QED) is 0.401. The normalized spacial score (nSPS) is 15.1. The Hall–Kier alpha value is -3.68. The van der Waals surface area contributed by atoms with E-state index in [4.69, 9.17) is 28.3 Å². The van der Waals surface area contributed by atoms with Crippen molar-refractivity contribution in [3.8, 4) is 11.4 Å². The zero-order valence-corrected chi connectivity index (χ0v) is 19.0. The Kier molecular flexibility index (Phi) is 5.58. The molecule has 164 valence electrons. The highest BCUT2D eigenvalue weighted by Crippen LogP contribution is 2.40. The fourth-order valence-electron chi connectivity index (χ4n) is 3.80. The first-order valence-electron chi connectivity index (χ1n) is 10.2. The molecule has 9 heteroatoms. The Bertz CT molecular complexity index is 1370. The second-order valence-electron chi connectivity index (χ2n) is 7.50. The summed E-state index contributed by atoms with van der Waals surface area (Å²) in [6.45, 7) is 1.83. The number of nitrogens with zero attached hydrogens (tertiary/aromatic N) is 4. The minimum absolute atomic E-state index is 0.300. The number of amides is 1. The number of aromatic nitrogens is 4. The third-order valence-electron chi connectivity index (χ3n) is 5.31. The molecule has 0 aliphatic carbocycles. The summed E-state index contributed by atoms with van der Waals surface area (Å²) in [6, 6.07) is 17.8. The lowest BCUT2D eigenvalue weighted by atomic mass is 9.95. The lowest BCUT2D eigenvalue weighted by molar-refractivity contribution is -0.113. The van der Waals surface area contributed by atoms with E-state index in [0.29, 0.717) is 44.3 Å². The van der Waals surface area contributed by atoms with Gasteiger partial charge in [0.2, 0.25) is 5.95 Å². The molecule has 0 saturated carbocycles. The molecule has 0 fully saturated rings. The molecule has 1 aliphatic rings. The van der Waals surface area contributed by atoms with Crippen molar-refractivity contribution < 1.29 is 4.79 Å². The maximum atomic E-state index is 13.5. The summed E-state index contributed by atoms with van der Waals surface area (Å²) in [5, 5.41) is 11.8. The smallest absolute Gasteiger partial charge is 0.255 e. The lowest BCUT2D eigenvalue weighted by Crippen LogP contribution is -2.31. The number of fused-ring (bicyclic) bond motifs is 1. The second kappa shape index (κ2) is 8.69. The summed E-state index contributed by atoms with van der Waals surface area (Å²) in [7, 11) is 0. The Morgan fingerprint density at radius 1 is 1.09 bits per heavy atom. The van der Waals surface area contributed by atoms with Gasteiger partial charge in [-0.3, -0.25) is 9.78 Å². The number of allylic oxidation sites excluding steroid dienone is 1. The molecular weight excluding hydrogens is 459 g/mol. The Morgan fingerprint density at radius 3 is 2.64 bits per heavy atom. The number of nitrogens with one attached hydrogen (secondary N) is 2. The molecule has 3 heterocycles. The van der Waals surface area contributed by atoms with Crippen LogP contribution in [-0.2, 0) is 4.79 Å². The molecule has 0 unspecified atom stereocenters. The van der Waals surface area contributed by atoms with Gasteiger partial charge in [-0.15, -0.1) is 5.10 Å². The summed E-state index contributed by atoms with van der Waals surface area (Å²) >= 11 is 12.7. The molecule has 7 nitrogen and oxygen atoms in total. The van der Waals surface area contributed by atoms with E-state index >= 15 is 0 Å². The first-order chi connectivity index (χ1) is 16.0. The molecule has 2 N–H and O–H groups in total. The van der Waals surface area contributed by atoms with Gasteiger partial charge in [0.25, 0.3) is 5.91 Å². The predicted octanol–water partition coefficient (Wildman–Crippen LogP) is 5.57. The number of anilines is 2. The molecule has 1 atom stereocenters. The molecule has 2 aromatic carbocycles. The Morgan fingerprint density at radius 2 is 1.91 bits per heavy atom. The van der Waals surface area contributed by atoms with Crippen LogP contribution >= 0.6 is 23.2 Å². The van der Waals surface area contributed by atoms with E-state index in [1.54, 1.807) is 47.4 Å². The molecule has 0 spiro atoms. The van der Waals surface area contributed by atoms with Crippen LogP contribution in [0.25, 0.3) is 11.4 Å². The lowest BCUT2D eigenvalue weighted by Gasteiger charge is -2.29. The summed E-state index contributed by atoms with van der Waals surface area (Å²) in [4.78, 5) is 22.2. The van der Waals surface area contributed by atoms with Gasteiger partial charge in [-0.2, -0.15) is 4.98 Å². The largest absolute Gasteiger partial charge is 0.328 e. The monoisotopic (exact) mass is 476 g/mol. The van der Waals surface area contributed by atoms with E-state index in [1.165, 1.54) is 0 Å². The number of hydrogen-bond donors (Lipinski definition) is 2. The van der Waals surface area contributed by atoms with Gasteiger partial charge in [0, 0.05) is 33.1 Å². The summed E-state index contributed by atoms with van der Waals surface area (Å²) in [6.07, 6.45) is 3.23. The number of benzene rings is 2. The molecule has 4 aromatic rings. The number of rotatable bonds is 4. The van der Waals surface area contributed by atoms with Crippen molar-refractivity contribution in [2.45, 2.75) is 13.0 Å². The van der Waals surface area contributed by atoms with E-state index in [-0.39, 0.29) is 5.91 Å². The van der Waals surface area contributed by atoms with Gasteiger partial charge in [0.05, 0.1) is 17.5 Å². The highest BCUT2D eigenvalue weighted by atomic mass is 35.5. The van der Waals surface area contributed by atoms with Gasteiger partial charge < -0.3 is 10.6 Å². The van der Waals surface area contributed by atoms with Crippen LogP contribution in [0, 0.1) is 0 Å². The number of hydrogen-bond acceptors (Lipinski definition) is 5. The van der Waals surface area contributed by atoms with E-state index in [2.05, 4.69) is 20.6 Å². The topological polar surface area (TPSA) is 84.7 Å². The van der Waals surface area contributed by atoms with Crippen molar-refractivity contribution >= 4 is 40.7 Å². The fourth-order valence-corrected chi connectivity index (χ4v) is 4.31. The van der Waals surface area contributed by atoms with Crippen molar-refractivity contribution in [2.75, 3.05) is 10.6 Å². The SMILES string of the molecule is CC1=C(C(=O)Nc2cccnc2)[C@H](c2ccc(Cl)cc2Cl)n2nc(-c3ccccc3)nc2N1. The van der Waals surface area contributed by atoms with Crippen molar-refractivity contribution in [2.24, 2.45) is 0 Å². The molecule has 0 saturated heterocycles. The summed E-state index contributed by atoms with van der Waals surface area (Å²) < 4.78 is 1.68. The van der Waals surface area contributed by atoms with Crippen LogP contribution in [0.5, 0.6) is 0 Å². The molecular formula is C24H18Cl2N6O. The van der Waals surface area contributed by atoms with E-state index in [9.17, 15) is 4.79 Å². The molecule has 5 rings (SSSR count). The summed E-state index contributed by atoms with van der Waals surface area (Å²) in [5.41, 5.74) is 3.23. The van der Waals surface area contributed by atoms with Gasteiger partial charge in [-0.1, -0.05) is 59.6 Å². The number of carbonyl (C=O) groups is 1. The van der Waals surface area contributed by atoms with Crippen LogP contribution in [0.1, 0.15) is 18.5 Å². The van der Waals surface area contributed by atoms with Crippen LogP contribution in [0.15, 0.2) is 84.3 Å². The molecule has 0 radical (unpaired) electrons. The van der Waals surface area contributed by atoms with Crippen LogP contribution in [0.4, 0.5) is 11.6 Å². The fraction of sp³-hybridized carbons (Fsp3) is 0.0833. The van der Waals surface area contributed by atoms with Crippen LogP contribution < -0.4 is 10.6 Å². The molecule has 2 aromatic heterocycles. The minimum Gasteiger partial charge on any atom is -0.328 e. The first-order valence-corrected chi connectivity index (χ1v) is 10.9. The van der Waals surface area contributed by atoms with E-state index < -0.39 is 6.04 Å². The van der Waals surface area contributed by atoms with Crippen LogP contribution in [0.2, 0.25) is 10.0 Å². The van der Waals surface area contributed by atoms with Crippen molar-refractivity contribution in [1.82, 2.24) is 19.7 Å². The van der Waals surface area contributed by atoms with Gasteiger partial charge >= 0.3 is 0 Å². The van der Waals surface area contributed by atoms with E-state index in [1.807, 2.05) is 37.3 Å². The highest BCUT2D eigenvalue weighted by Gasteiger charge is 2.35. The average Bonchev–Trinajstić information content (AvgIpc) is 3.23. The summed E-state index contributed by atoms with van der Waals surface area (Å²) in [5.74, 6) is 0.752. The van der Waals surface area contributed by atoms with Crippen molar-refractivity contribution in [3.63, 3.8) is 0 Å². The first kappa shape index (κ1) is 21.2. The third-order valence-corrected chi connectivity index (χ3v) is 5.87. The second-order valence-corrected chi connectivity index (χ2v) is 8.34. The number of pyridine rings is 1. The minimum atomic E-state index is -0.618. The van der Waals surface area contributed by atoms with Gasteiger partial charge in [-0.25, -0.2) is 4.68 Å². The zero-order valence-electron chi connectivity index (χ0n) is 17.5. The Labute approximate surface area is 200 Å². The van der Waals surface area contributed by atoms with Gasteiger partial charge in [-0.05, 0) is 31.2 Å². The molecule has 0 bridgehead atoms. The van der Waals surface area contributed by atoms with Gasteiger partial charge in [0.15, 0.2) is 5.82 Å². The zero-order chi connectivity index (χ0) is 22.9. The van der Waals surface area contributed by atoms with E-state index in [0.717, 1.165) is 5.56 Å². The Balaban J connectivity index is 1.64. The predicted molar refractivity (Wildman–Crippen MR) is 129 cm³/mol. The third kappa shape index (κ3) is 4.08. The highest BCUT2D eigenvalue weighted by molar-refractivity contribution is 6.35. The van der Waals surface area contributed by atoms with Crippen LogP contribution in [-0.4, -0.2) is 25.7 Å².